The van der Waals surface area contributed by atoms with E-state index in [0.29, 0.717) is 25.5 Å². The van der Waals surface area contributed by atoms with Crippen molar-refractivity contribution in [1.29, 1.82) is 0 Å². The minimum absolute atomic E-state index is 0.117. The van der Waals surface area contributed by atoms with Crippen LogP contribution in [-0.2, 0) is 11.3 Å². The van der Waals surface area contributed by atoms with Crippen LogP contribution in [-0.4, -0.2) is 60.0 Å². The number of aromatic nitrogens is 1. The number of carbonyl (C=O) groups excluding carboxylic acids is 1. The molecule has 7 heteroatoms. The van der Waals surface area contributed by atoms with Crippen molar-refractivity contribution in [2.24, 2.45) is 5.41 Å². The zero-order chi connectivity index (χ0) is 16.2. The Labute approximate surface area is 130 Å². The molecule has 0 radical (unpaired) electrons. The molecule has 0 saturated carbocycles. The van der Waals surface area contributed by atoms with Crippen LogP contribution < -0.4 is 5.32 Å². The van der Waals surface area contributed by atoms with Crippen LogP contribution in [0.5, 0.6) is 0 Å². The number of hydrogen-bond donors (Lipinski definition) is 2. The standard InChI is InChI=1S/C15H25N3O4/c1-15(2,3)13(10-19)16-14(20)12-8-11(22-17-12)9-18-4-6-21-7-5-18/h8,13,19H,4-7,9-10H2,1-3H3,(H,16,20)/t13-/m1/s1. The van der Waals surface area contributed by atoms with Gasteiger partial charge in [0.05, 0.1) is 32.4 Å². The Bertz CT molecular complexity index is 489. The molecule has 0 aromatic carbocycles. The van der Waals surface area contributed by atoms with Gasteiger partial charge in [0.1, 0.15) is 0 Å². The maximum absolute atomic E-state index is 12.2. The summed E-state index contributed by atoms with van der Waals surface area (Å²) in [6.07, 6.45) is 0. The first kappa shape index (κ1) is 16.9. The van der Waals surface area contributed by atoms with Gasteiger partial charge in [0.25, 0.3) is 5.91 Å². The van der Waals surface area contributed by atoms with Crippen LogP contribution in [0.3, 0.4) is 0 Å². The lowest BCUT2D eigenvalue weighted by Gasteiger charge is -2.29. The number of rotatable bonds is 5. The highest BCUT2D eigenvalue weighted by molar-refractivity contribution is 5.92. The third kappa shape index (κ3) is 4.53. The quantitative estimate of drug-likeness (QED) is 0.830. The van der Waals surface area contributed by atoms with E-state index in [1.54, 1.807) is 6.07 Å². The first-order chi connectivity index (χ1) is 10.4. The second-order valence-electron chi connectivity index (χ2n) is 6.64. The normalized spacial score (nSPS) is 18.2. The molecule has 22 heavy (non-hydrogen) atoms. The highest BCUT2D eigenvalue weighted by Crippen LogP contribution is 2.19. The van der Waals surface area contributed by atoms with Crippen molar-refractivity contribution < 1.29 is 19.2 Å². The summed E-state index contributed by atoms with van der Waals surface area (Å²) in [5.41, 5.74) is 0.0103. The number of amides is 1. The van der Waals surface area contributed by atoms with Crippen LogP contribution in [0, 0.1) is 5.41 Å². The molecule has 124 valence electrons. The molecule has 1 fully saturated rings. The Morgan fingerprint density at radius 2 is 2.14 bits per heavy atom. The molecule has 1 aromatic rings. The van der Waals surface area contributed by atoms with E-state index in [0.717, 1.165) is 13.1 Å². The molecule has 1 atom stereocenters. The molecule has 2 N–H and O–H groups in total. The van der Waals surface area contributed by atoms with Crippen molar-refractivity contribution in [3.8, 4) is 0 Å². The van der Waals surface area contributed by atoms with Crippen molar-refractivity contribution in [3.63, 3.8) is 0 Å². The number of hydrogen-bond acceptors (Lipinski definition) is 6. The number of morpholine rings is 1. The summed E-state index contributed by atoms with van der Waals surface area (Å²) in [5.74, 6) is 0.328. The van der Waals surface area contributed by atoms with E-state index in [1.807, 2.05) is 20.8 Å². The summed E-state index contributed by atoms with van der Waals surface area (Å²) in [7, 11) is 0. The monoisotopic (exact) mass is 311 g/mol. The van der Waals surface area contributed by atoms with Crippen molar-refractivity contribution in [2.75, 3.05) is 32.9 Å². The number of aliphatic hydroxyl groups excluding tert-OH is 1. The molecule has 1 aromatic heterocycles. The molecular weight excluding hydrogens is 286 g/mol. The average Bonchev–Trinajstić information content (AvgIpc) is 2.93. The van der Waals surface area contributed by atoms with Gasteiger partial charge >= 0.3 is 0 Å². The van der Waals surface area contributed by atoms with Crippen LogP contribution in [0.4, 0.5) is 0 Å². The summed E-state index contributed by atoms with van der Waals surface area (Å²) in [6.45, 7) is 9.50. The Balaban J connectivity index is 1.93. The Kier molecular flexibility index (Phi) is 5.55. The van der Waals surface area contributed by atoms with E-state index in [-0.39, 0.29) is 29.7 Å². The molecule has 2 rings (SSSR count). The van der Waals surface area contributed by atoms with Crippen LogP contribution in [0.1, 0.15) is 37.0 Å². The first-order valence-electron chi connectivity index (χ1n) is 7.57. The van der Waals surface area contributed by atoms with Gasteiger partial charge in [0.15, 0.2) is 11.5 Å². The number of nitrogens with one attached hydrogen (secondary N) is 1. The van der Waals surface area contributed by atoms with Crippen molar-refractivity contribution in [1.82, 2.24) is 15.4 Å². The van der Waals surface area contributed by atoms with E-state index in [9.17, 15) is 9.90 Å². The Morgan fingerprint density at radius 1 is 1.45 bits per heavy atom. The molecular formula is C15H25N3O4. The van der Waals surface area contributed by atoms with Gasteiger partial charge < -0.3 is 19.7 Å². The molecule has 0 bridgehead atoms. The van der Waals surface area contributed by atoms with Gasteiger partial charge in [-0.25, -0.2) is 0 Å². The van der Waals surface area contributed by atoms with Gasteiger partial charge in [-0.3, -0.25) is 9.69 Å². The summed E-state index contributed by atoms with van der Waals surface area (Å²) in [6, 6.07) is 1.32. The highest BCUT2D eigenvalue weighted by atomic mass is 16.5. The van der Waals surface area contributed by atoms with Crippen molar-refractivity contribution in [2.45, 2.75) is 33.4 Å². The number of ether oxygens (including phenoxy) is 1. The van der Waals surface area contributed by atoms with Crippen molar-refractivity contribution >= 4 is 5.91 Å². The summed E-state index contributed by atoms with van der Waals surface area (Å²) >= 11 is 0. The molecule has 7 nitrogen and oxygen atoms in total. The summed E-state index contributed by atoms with van der Waals surface area (Å²) in [4.78, 5) is 14.4. The smallest absolute Gasteiger partial charge is 0.273 e. The van der Waals surface area contributed by atoms with Crippen LogP contribution in [0.2, 0.25) is 0 Å². The fraction of sp³-hybridized carbons (Fsp3) is 0.733. The van der Waals surface area contributed by atoms with Gasteiger partial charge in [0.2, 0.25) is 0 Å². The molecule has 0 spiro atoms. The topological polar surface area (TPSA) is 87.8 Å². The zero-order valence-corrected chi connectivity index (χ0v) is 13.5. The Hall–Kier alpha value is -1.44. The molecule has 2 heterocycles. The number of carbonyl (C=O) groups is 1. The first-order valence-corrected chi connectivity index (χ1v) is 7.57. The molecule has 0 unspecified atom stereocenters. The van der Waals surface area contributed by atoms with E-state index in [4.69, 9.17) is 9.26 Å². The van der Waals surface area contributed by atoms with Crippen LogP contribution in [0.15, 0.2) is 10.6 Å². The van der Waals surface area contributed by atoms with Crippen LogP contribution >= 0.6 is 0 Å². The lowest BCUT2D eigenvalue weighted by atomic mass is 9.87. The second-order valence-corrected chi connectivity index (χ2v) is 6.64. The van der Waals surface area contributed by atoms with Gasteiger partial charge in [0, 0.05) is 19.2 Å². The van der Waals surface area contributed by atoms with Crippen LogP contribution in [0.25, 0.3) is 0 Å². The highest BCUT2D eigenvalue weighted by Gasteiger charge is 2.27. The fourth-order valence-electron chi connectivity index (χ4n) is 2.24. The summed E-state index contributed by atoms with van der Waals surface area (Å²) in [5, 5.41) is 16.0. The van der Waals surface area contributed by atoms with Gasteiger partial charge in [-0.15, -0.1) is 0 Å². The summed E-state index contributed by atoms with van der Waals surface area (Å²) < 4.78 is 10.5. The van der Waals surface area contributed by atoms with E-state index >= 15 is 0 Å². The predicted octanol–water partition coefficient (Wildman–Crippen LogP) is 0.644. The average molecular weight is 311 g/mol. The second kappa shape index (κ2) is 7.21. The third-order valence-corrected chi connectivity index (χ3v) is 3.81. The molecule has 1 aliphatic heterocycles. The lowest BCUT2D eigenvalue weighted by molar-refractivity contribution is 0.0305. The van der Waals surface area contributed by atoms with E-state index < -0.39 is 0 Å². The van der Waals surface area contributed by atoms with Gasteiger partial charge in [-0.1, -0.05) is 25.9 Å². The lowest BCUT2D eigenvalue weighted by Crippen LogP contribution is -2.46. The SMILES string of the molecule is CC(C)(C)[C@@H](CO)NC(=O)c1cc(CN2CCOCC2)on1. The van der Waals surface area contributed by atoms with E-state index in [1.165, 1.54) is 0 Å². The predicted molar refractivity (Wildman–Crippen MR) is 80.4 cm³/mol. The van der Waals surface area contributed by atoms with Crippen molar-refractivity contribution in [3.05, 3.63) is 17.5 Å². The van der Waals surface area contributed by atoms with E-state index in [2.05, 4.69) is 15.4 Å². The number of aliphatic hydroxyl groups is 1. The minimum Gasteiger partial charge on any atom is -0.394 e. The fourth-order valence-corrected chi connectivity index (χ4v) is 2.24. The molecule has 1 saturated heterocycles. The maximum atomic E-state index is 12.2. The minimum atomic E-state index is -0.334. The molecule has 1 amide bonds. The van der Waals surface area contributed by atoms with Gasteiger partial charge in [-0.05, 0) is 5.41 Å². The number of nitrogens with zero attached hydrogens (tertiary/aromatic N) is 2. The van der Waals surface area contributed by atoms with Gasteiger partial charge in [-0.2, -0.15) is 0 Å². The maximum Gasteiger partial charge on any atom is 0.273 e. The largest absolute Gasteiger partial charge is 0.394 e. The zero-order valence-electron chi connectivity index (χ0n) is 13.5. The Morgan fingerprint density at radius 3 is 2.73 bits per heavy atom. The molecule has 1 aliphatic rings. The third-order valence-electron chi connectivity index (χ3n) is 3.81. The molecule has 0 aliphatic carbocycles.